The van der Waals surface area contributed by atoms with Crippen molar-refractivity contribution < 1.29 is 9.66 Å². The van der Waals surface area contributed by atoms with Gasteiger partial charge in [-0.25, -0.2) is 4.98 Å². The SMILES string of the molecule is COCCNc1nc(-c2ccncc2)ccc1[N+](=O)[O-]. The zero-order valence-electron chi connectivity index (χ0n) is 10.9. The topological polar surface area (TPSA) is 90.2 Å². The fourth-order valence-corrected chi connectivity index (χ4v) is 1.68. The van der Waals surface area contributed by atoms with Crippen molar-refractivity contribution in [2.75, 3.05) is 25.6 Å². The molecule has 0 aliphatic heterocycles. The predicted molar refractivity (Wildman–Crippen MR) is 74.5 cm³/mol. The van der Waals surface area contributed by atoms with Gasteiger partial charge in [0.15, 0.2) is 0 Å². The summed E-state index contributed by atoms with van der Waals surface area (Å²) in [6, 6.07) is 6.66. The van der Waals surface area contributed by atoms with Gasteiger partial charge in [-0.3, -0.25) is 15.1 Å². The normalized spacial score (nSPS) is 10.2. The van der Waals surface area contributed by atoms with Gasteiger partial charge in [-0.05, 0) is 18.2 Å². The summed E-state index contributed by atoms with van der Waals surface area (Å²) in [7, 11) is 1.57. The van der Waals surface area contributed by atoms with Gasteiger partial charge in [-0.15, -0.1) is 0 Å². The molecule has 0 radical (unpaired) electrons. The Labute approximate surface area is 115 Å². The molecule has 0 spiro atoms. The van der Waals surface area contributed by atoms with Crippen LogP contribution in [-0.4, -0.2) is 35.2 Å². The van der Waals surface area contributed by atoms with Gasteiger partial charge in [0.1, 0.15) is 0 Å². The van der Waals surface area contributed by atoms with E-state index in [-0.39, 0.29) is 11.5 Å². The van der Waals surface area contributed by atoms with Crippen LogP contribution in [0.1, 0.15) is 0 Å². The molecule has 0 saturated heterocycles. The summed E-state index contributed by atoms with van der Waals surface area (Å²) in [5, 5.41) is 13.9. The molecular formula is C13H14N4O3. The van der Waals surface area contributed by atoms with Crippen molar-refractivity contribution in [2.45, 2.75) is 0 Å². The highest BCUT2D eigenvalue weighted by Gasteiger charge is 2.16. The quantitative estimate of drug-likeness (QED) is 0.493. The minimum atomic E-state index is -0.460. The maximum atomic E-state index is 11.0. The van der Waals surface area contributed by atoms with Crippen LogP contribution in [0.25, 0.3) is 11.3 Å². The van der Waals surface area contributed by atoms with Gasteiger partial charge >= 0.3 is 5.69 Å². The Kier molecular flexibility index (Phi) is 4.56. The zero-order chi connectivity index (χ0) is 14.4. The molecule has 0 unspecified atom stereocenters. The van der Waals surface area contributed by atoms with Crippen LogP contribution >= 0.6 is 0 Å². The van der Waals surface area contributed by atoms with Crippen LogP contribution in [-0.2, 0) is 4.74 Å². The lowest BCUT2D eigenvalue weighted by Gasteiger charge is -2.08. The van der Waals surface area contributed by atoms with E-state index in [1.165, 1.54) is 6.07 Å². The maximum Gasteiger partial charge on any atom is 0.311 e. The van der Waals surface area contributed by atoms with E-state index in [2.05, 4.69) is 15.3 Å². The first-order valence-electron chi connectivity index (χ1n) is 6.01. The number of nitrogens with zero attached hydrogens (tertiary/aromatic N) is 3. The van der Waals surface area contributed by atoms with E-state index in [1.807, 2.05) is 0 Å². The highest BCUT2D eigenvalue weighted by Crippen LogP contribution is 2.26. The summed E-state index contributed by atoms with van der Waals surface area (Å²) in [6.45, 7) is 0.891. The molecule has 0 fully saturated rings. The van der Waals surface area contributed by atoms with Crippen LogP contribution in [0, 0.1) is 10.1 Å². The van der Waals surface area contributed by atoms with Crippen LogP contribution in [0.4, 0.5) is 11.5 Å². The van der Waals surface area contributed by atoms with Crippen molar-refractivity contribution in [3.63, 3.8) is 0 Å². The highest BCUT2D eigenvalue weighted by atomic mass is 16.6. The molecule has 0 saturated carbocycles. The Balaban J connectivity index is 2.32. The van der Waals surface area contributed by atoms with Gasteiger partial charge in [0.05, 0.1) is 17.2 Å². The predicted octanol–water partition coefficient (Wildman–Crippen LogP) is 2.11. The van der Waals surface area contributed by atoms with Crippen molar-refractivity contribution >= 4 is 11.5 Å². The van der Waals surface area contributed by atoms with Gasteiger partial charge in [-0.1, -0.05) is 0 Å². The second-order valence-electron chi connectivity index (χ2n) is 3.98. The summed E-state index contributed by atoms with van der Waals surface area (Å²) < 4.78 is 4.91. The molecule has 0 atom stereocenters. The average Bonchev–Trinajstić information content (AvgIpc) is 2.48. The number of nitro groups is 1. The van der Waals surface area contributed by atoms with Crippen molar-refractivity contribution in [1.82, 2.24) is 9.97 Å². The second-order valence-corrected chi connectivity index (χ2v) is 3.98. The Hall–Kier alpha value is -2.54. The smallest absolute Gasteiger partial charge is 0.311 e. The highest BCUT2D eigenvalue weighted by molar-refractivity contribution is 5.66. The summed E-state index contributed by atoms with van der Waals surface area (Å²) in [4.78, 5) is 18.8. The molecule has 2 heterocycles. The third kappa shape index (κ3) is 3.27. The average molecular weight is 274 g/mol. The Morgan fingerprint density at radius 3 is 2.70 bits per heavy atom. The number of anilines is 1. The van der Waals surface area contributed by atoms with Crippen molar-refractivity contribution in [3.8, 4) is 11.3 Å². The zero-order valence-corrected chi connectivity index (χ0v) is 10.9. The first kappa shape index (κ1) is 13.9. The third-order valence-electron chi connectivity index (χ3n) is 2.65. The van der Waals surface area contributed by atoms with Gasteiger partial charge in [-0.2, -0.15) is 0 Å². The van der Waals surface area contributed by atoms with E-state index in [9.17, 15) is 10.1 Å². The van der Waals surface area contributed by atoms with Crippen LogP contribution in [0.3, 0.4) is 0 Å². The second kappa shape index (κ2) is 6.58. The van der Waals surface area contributed by atoms with Gasteiger partial charge in [0.25, 0.3) is 0 Å². The molecule has 104 valence electrons. The lowest BCUT2D eigenvalue weighted by atomic mass is 10.2. The molecule has 1 N–H and O–H groups in total. The third-order valence-corrected chi connectivity index (χ3v) is 2.65. The van der Waals surface area contributed by atoms with E-state index < -0.39 is 4.92 Å². The van der Waals surface area contributed by atoms with E-state index >= 15 is 0 Å². The number of pyridine rings is 2. The van der Waals surface area contributed by atoms with E-state index in [4.69, 9.17) is 4.74 Å². The van der Waals surface area contributed by atoms with E-state index in [0.29, 0.717) is 18.8 Å². The van der Waals surface area contributed by atoms with E-state index in [1.54, 1.807) is 37.7 Å². The summed E-state index contributed by atoms with van der Waals surface area (Å²) >= 11 is 0. The molecule has 20 heavy (non-hydrogen) atoms. The van der Waals surface area contributed by atoms with Gasteiger partial charge < -0.3 is 10.1 Å². The number of nitrogens with one attached hydrogen (secondary N) is 1. The molecule has 7 heteroatoms. The lowest BCUT2D eigenvalue weighted by molar-refractivity contribution is -0.384. The maximum absolute atomic E-state index is 11.0. The molecule has 0 aromatic carbocycles. The molecule has 0 aliphatic carbocycles. The number of rotatable bonds is 6. The largest absolute Gasteiger partial charge is 0.383 e. The molecular weight excluding hydrogens is 260 g/mol. The minimum absolute atomic E-state index is 0.0566. The molecule has 2 aromatic rings. The lowest BCUT2D eigenvalue weighted by Crippen LogP contribution is -2.10. The first-order chi connectivity index (χ1) is 9.72. The summed E-state index contributed by atoms with van der Waals surface area (Å²) in [5.74, 6) is 0.237. The Morgan fingerprint density at radius 1 is 1.30 bits per heavy atom. The fourth-order valence-electron chi connectivity index (χ4n) is 1.68. The number of methoxy groups -OCH3 is 1. The minimum Gasteiger partial charge on any atom is -0.383 e. The summed E-state index contributed by atoms with van der Waals surface area (Å²) in [6.07, 6.45) is 3.30. The van der Waals surface area contributed by atoms with Crippen LogP contribution in [0.5, 0.6) is 0 Å². The molecule has 0 aliphatic rings. The van der Waals surface area contributed by atoms with E-state index in [0.717, 1.165) is 5.56 Å². The number of hydrogen-bond acceptors (Lipinski definition) is 6. The number of hydrogen-bond donors (Lipinski definition) is 1. The standard InChI is InChI=1S/C13H14N4O3/c1-20-9-8-15-13-12(17(18)19)3-2-11(16-13)10-4-6-14-7-5-10/h2-7H,8-9H2,1H3,(H,15,16). The van der Waals surface area contributed by atoms with Crippen LogP contribution < -0.4 is 5.32 Å². The molecule has 0 bridgehead atoms. The van der Waals surface area contributed by atoms with Gasteiger partial charge in [0.2, 0.25) is 5.82 Å². The molecule has 2 rings (SSSR count). The van der Waals surface area contributed by atoms with Crippen molar-refractivity contribution in [1.29, 1.82) is 0 Å². The number of ether oxygens (including phenoxy) is 1. The molecule has 7 nitrogen and oxygen atoms in total. The molecule has 2 aromatic heterocycles. The number of aromatic nitrogens is 2. The summed E-state index contributed by atoms with van der Waals surface area (Å²) in [5.41, 5.74) is 1.45. The fraction of sp³-hybridized carbons (Fsp3) is 0.231. The Bertz CT molecular complexity index is 589. The van der Waals surface area contributed by atoms with Crippen LogP contribution in [0.15, 0.2) is 36.7 Å². The van der Waals surface area contributed by atoms with Gasteiger partial charge in [0, 0.05) is 37.7 Å². The Morgan fingerprint density at radius 2 is 2.05 bits per heavy atom. The van der Waals surface area contributed by atoms with Crippen molar-refractivity contribution in [3.05, 3.63) is 46.8 Å². The monoisotopic (exact) mass is 274 g/mol. The molecule has 0 amide bonds. The van der Waals surface area contributed by atoms with Crippen LogP contribution in [0.2, 0.25) is 0 Å². The van der Waals surface area contributed by atoms with Crippen molar-refractivity contribution in [2.24, 2.45) is 0 Å². The first-order valence-corrected chi connectivity index (χ1v) is 6.01.